The Bertz CT molecular complexity index is 702. The van der Waals surface area contributed by atoms with Crippen molar-refractivity contribution in [3.63, 3.8) is 0 Å². The van der Waals surface area contributed by atoms with Crippen molar-refractivity contribution in [2.24, 2.45) is 0 Å². The lowest BCUT2D eigenvalue weighted by Gasteiger charge is -2.06. The van der Waals surface area contributed by atoms with Crippen molar-refractivity contribution in [3.05, 3.63) is 35.8 Å². The van der Waals surface area contributed by atoms with Crippen molar-refractivity contribution in [1.82, 2.24) is 4.57 Å². The van der Waals surface area contributed by atoms with Crippen molar-refractivity contribution >= 4 is 20.7 Å². The van der Waals surface area contributed by atoms with Gasteiger partial charge in [0.25, 0.3) is 0 Å². The van der Waals surface area contributed by atoms with E-state index in [9.17, 15) is 12.8 Å². The summed E-state index contributed by atoms with van der Waals surface area (Å²) < 4.78 is 39.7. The molecule has 5 heteroatoms. The van der Waals surface area contributed by atoms with Gasteiger partial charge < -0.3 is 4.57 Å². The maximum absolute atomic E-state index is 13.9. The van der Waals surface area contributed by atoms with Crippen LogP contribution in [0.4, 0.5) is 4.39 Å². The predicted molar refractivity (Wildman–Crippen MR) is 75.3 cm³/mol. The van der Waals surface area contributed by atoms with Gasteiger partial charge in [-0.2, -0.15) is 0 Å². The van der Waals surface area contributed by atoms with Gasteiger partial charge in [0.2, 0.25) is 0 Å². The second kappa shape index (κ2) is 4.96. The molecule has 2 rings (SSSR count). The first-order valence-electron chi connectivity index (χ1n) is 6.34. The minimum absolute atomic E-state index is 0.0440. The van der Waals surface area contributed by atoms with Gasteiger partial charge in [-0.3, -0.25) is 0 Å². The van der Waals surface area contributed by atoms with E-state index in [1.807, 2.05) is 6.92 Å². The third kappa shape index (κ3) is 2.52. The summed E-state index contributed by atoms with van der Waals surface area (Å²) in [5.41, 5.74) is 1.16. The zero-order valence-electron chi connectivity index (χ0n) is 11.4. The van der Waals surface area contributed by atoms with Gasteiger partial charge in [0, 0.05) is 18.1 Å². The molecule has 0 aliphatic carbocycles. The lowest BCUT2D eigenvalue weighted by molar-refractivity contribution is 0.586. The summed E-state index contributed by atoms with van der Waals surface area (Å²) in [4.78, 5) is 0. The Hall–Kier alpha value is -1.36. The van der Waals surface area contributed by atoms with E-state index in [0.717, 1.165) is 0 Å². The number of sulfone groups is 1. The van der Waals surface area contributed by atoms with Crippen LogP contribution in [0.3, 0.4) is 0 Å². The van der Waals surface area contributed by atoms with Crippen LogP contribution >= 0.6 is 0 Å². The average Bonchev–Trinajstić information content (AvgIpc) is 2.68. The van der Waals surface area contributed by atoms with Crippen LogP contribution in [0.25, 0.3) is 10.9 Å². The number of para-hydroxylation sites is 1. The second-order valence-corrected chi connectivity index (χ2v) is 7.49. The van der Waals surface area contributed by atoms with Gasteiger partial charge in [-0.25, -0.2) is 12.8 Å². The monoisotopic (exact) mass is 283 g/mol. The van der Waals surface area contributed by atoms with E-state index in [-0.39, 0.29) is 11.6 Å². The molecule has 1 aromatic carbocycles. The Morgan fingerprint density at radius 3 is 2.58 bits per heavy atom. The summed E-state index contributed by atoms with van der Waals surface area (Å²) in [6.45, 7) is 5.84. The number of aromatic nitrogens is 1. The Morgan fingerprint density at radius 2 is 2.00 bits per heavy atom. The molecule has 19 heavy (non-hydrogen) atoms. The van der Waals surface area contributed by atoms with Crippen LogP contribution in [-0.4, -0.2) is 18.2 Å². The zero-order valence-corrected chi connectivity index (χ0v) is 12.2. The van der Waals surface area contributed by atoms with Gasteiger partial charge >= 0.3 is 0 Å². The highest BCUT2D eigenvalue weighted by molar-refractivity contribution is 7.91. The summed E-state index contributed by atoms with van der Waals surface area (Å²) in [5, 5.41) is 0.257. The lowest BCUT2D eigenvalue weighted by Crippen LogP contribution is -2.15. The zero-order chi connectivity index (χ0) is 14.2. The third-order valence-corrected chi connectivity index (χ3v) is 5.50. The van der Waals surface area contributed by atoms with Gasteiger partial charge in [-0.05, 0) is 32.4 Å². The van der Waals surface area contributed by atoms with E-state index in [4.69, 9.17) is 0 Å². The van der Waals surface area contributed by atoms with Crippen LogP contribution in [0.15, 0.2) is 24.4 Å². The molecule has 0 N–H and O–H groups in total. The van der Waals surface area contributed by atoms with Crippen molar-refractivity contribution in [2.75, 3.05) is 0 Å². The number of benzene rings is 1. The molecule has 0 radical (unpaired) electrons. The fourth-order valence-electron chi connectivity index (χ4n) is 2.14. The fraction of sp³-hybridized carbons (Fsp3) is 0.429. The SMILES string of the molecule is CCn1cc(CS(=O)(=O)C(C)C)c2cccc(F)c21. The average molecular weight is 283 g/mol. The van der Waals surface area contributed by atoms with E-state index in [0.29, 0.717) is 23.0 Å². The first-order chi connectivity index (χ1) is 8.86. The van der Waals surface area contributed by atoms with Gasteiger partial charge in [0.15, 0.2) is 9.84 Å². The molecule has 0 aliphatic heterocycles. The topological polar surface area (TPSA) is 39.1 Å². The Labute approximate surface area is 113 Å². The second-order valence-electron chi connectivity index (χ2n) is 4.93. The normalized spacial score (nSPS) is 12.5. The molecule has 1 aromatic heterocycles. The minimum atomic E-state index is -3.19. The van der Waals surface area contributed by atoms with Gasteiger partial charge in [-0.1, -0.05) is 12.1 Å². The first kappa shape index (κ1) is 14.1. The van der Waals surface area contributed by atoms with Crippen LogP contribution in [0, 0.1) is 5.82 Å². The quantitative estimate of drug-likeness (QED) is 0.864. The Kier molecular flexibility index (Phi) is 3.67. The molecule has 0 saturated heterocycles. The molecular formula is C14H18FNO2S. The largest absolute Gasteiger partial charge is 0.345 e. The summed E-state index contributed by atoms with van der Waals surface area (Å²) in [7, 11) is -3.19. The van der Waals surface area contributed by atoms with Crippen molar-refractivity contribution in [2.45, 2.75) is 38.3 Å². The summed E-state index contributed by atoms with van der Waals surface area (Å²) in [5.74, 6) is -0.356. The first-order valence-corrected chi connectivity index (χ1v) is 8.06. The third-order valence-electron chi connectivity index (χ3n) is 3.35. The van der Waals surface area contributed by atoms with Crippen LogP contribution in [-0.2, 0) is 22.1 Å². The number of nitrogens with zero attached hydrogens (tertiary/aromatic N) is 1. The van der Waals surface area contributed by atoms with E-state index in [2.05, 4.69) is 0 Å². The van der Waals surface area contributed by atoms with Crippen LogP contribution in [0.2, 0.25) is 0 Å². The maximum Gasteiger partial charge on any atom is 0.156 e. The number of halogens is 1. The summed E-state index contributed by atoms with van der Waals surface area (Å²) >= 11 is 0. The highest BCUT2D eigenvalue weighted by Gasteiger charge is 2.20. The van der Waals surface area contributed by atoms with E-state index < -0.39 is 15.1 Å². The molecule has 0 unspecified atom stereocenters. The summed E-state index contributed by atoms with van der Waals surface area (Å²) in [6, 6.07) is 4.79. The highest BCUT2D eigenvalue weighted by Crippen LogP contribution is 2.26. The summed E-state index contributed by atoms with van der Waals surface area (Å²) in [6.07, 6.45) is 1.74. The molecule has 0 aliphatic rings. The standard InChI is InChI=1S/C14H18FNO2S/c1-4-16-8-11(9-19(17,18)10(2)3)12-6-5-7-13(15)14(12)16/h5-8,10H,4,9H2,1-3H3. The van der Waals surface area contributed by atoms with Gasteiger partial charge in [-0.15, -0.1) is 0 Å². The highest BCUT2D eigenvalue weighted by atomic mass is 32.2. The smallest absolute Gasteiger partial charge is 0.156 e. The number of aryl methyl sites for hydroxylation is 1. The molecule has 2 aromatic rings. The molecule has 0 saturated carbocycles. The van der Waals surface area contributed by atoms with Crippen molar-refractivity contribution in [1.29, 1.82) is 0 Å². The van der Waals surface area contributed by atoms with Crippen LogP contribution in [0.5, 0.6) is 0 Å². The maximum atomic E-state index is 13.9. The Morgan fingerprint density at radius 1 is 1.32 bits per heavy atom. The molecule has 0 fully saturated rings. The Balaban J connectivity index is 2.60. The molecule has 0 spiro atoms. The van der Waals surface area contributed by atoms with Crippen molar-refractivity contribution in [3.8, 4) is 0 Å². The van der Waals surface area contributed by atoms with E-state index in [1.54, 1.807) is 36.7 Å². The van der Waals surface area contributed by atoms with Crippen molar-refractivity contribution < 1.29 is 12.8 Å². The number of fused-ring (bicyclic) bond motifs is 1. The fourth-order valence-corrected chi connectivity index (χ4v) is 3.13. The molecule has 1 heterocycles. The van der Waals surface area contributed by atoms with E-state index >= 15 is 0 Å². The number of rotatable bonds is 4. The molecule has 104 valence electrons. The molecule has 0 atom stereocenters. The number of hydrogen-bond acceptors (Lipinski definition) is 2. The lowest BCUT2D eigenvalue weighted by atomic mass is 10.2. The minimum Gasteiger partial charge on any atom is -0.345 e. The van der Waals surface area contributed by atoms with Crippen LogP contribution < -0.4 is 0 Å². The van der Waals surface area contributed by atoms with Gasteiger partial charge in [0.05, 0.1) is 16.5 Å². The van der Waals surface area contributed by atoms with Crippen LogP contribution in [0.1, 0.15) is 26.3 Å². The molecule has 3 nitrogen and oxygen atoms in total. The van der Waals surface area contributed by atoms with Gasteiger partial charge in [0.1, 0.15) is 5.82 Å². The molecular weight excluding hydrogens is 265 g/mol. The molecule has 0 amide bonds. The number of hydrogen-bond donors (Lipinski definition) is 0. The molecule has 0 bridgehead atoms. The predicted octanol–water partition coefficient (Wildman–Crippen LogP) is 3.12. The van der Waals surface area contributed by atoms with E-state index in [1.165, 1.54) is 6.07 Å².